The van der Waals surface area contributed by atoms with Crippen molar-refractivity contribution in [3.05, 3.63) is 63.0 Å². The molecule has 33 heavy (non-hydrogen) atoms. The van der Waals surface area contributed by atoms with E-state index in [1.165, 1.54) is 4.90 Å². The predicted octanol–water partition coefficient (Wildman–Crippen LogP) is 4.31. The topological polar surface area (TPSA) is 86.8 Å². The van der Waals surface area contributed by atoms with Gasteiger partial charge in [-0.3, -0.25) is 13.9 Å². The van der Waals surface area contributed by atoms with E-state index in [4.69, 9.17) is 0 Å². The second kappa shape index (κ2) is 12.0. The lowest BCUT2D eigenvalue weighted by Gasteiger charge is -2.32. The highest BCUT2D eigenvalue weighted by Crippen LogP contribution is 2.23. The quantitative estimate of drug-likeness (QED) is 0.439. The summed E-state index contributed by atoms with van der Waals surface area (Å²) in [7, 11) is -3.75. The molecule has 0 aliphatic heterocycles. The third kappa shape index (κ3) is 8.12. The van der Waals surface area contributed by atoms with Crippen molar-refractivity contribution >= 4 is 59.4 Å². The molecule has 0 spiro atoms. The first-order valence-electron chi connectivity index (χ1n) is 10.5. The maximum atomic E-state index is 13.5. The number of benzene rings is 2. The van der Waals surface area contributed by atoms with Crippen LogP contribution < -0.4 is 9.62 Å². The predicted molar refractivity (Wildman–Crippen MR) is 138 cm³/mol. The Balaban J connectivity index is 2.38. The molecule has 1 N–H and O–H groups in total. The molecule has 0 aliphatic carbocycles. The van der Waals surface area contributed by atoms with Crippen LogP contribution in [0.25, 0.3) is 0 Å². The fourth-order valence-electron chi connectivity index (χ4n) is 3.13. The fourth-order valence-corrected chi connectivity index (χ4v) is 4.80. The number of carbonyl (C=O) groups is 2. The number of halogens is 2. The van der Waals surface area contributed by atoms with Crippen molar-refractivity contribution in [2.45, 2.75) is 45.8 Å². The fraction of sp³-hybridized carbons (Fsp3) is 0.391. The van der Waals surface area contributed by atoms with Crippen molar-refractivity contribution in [2.75, 3.05) is 17.1 Å². The Morgan fingerprint density at radius 3 is 2.18 bits per heavy atom. The Hall–Kier alpha value is -1.91. The number of carbonyl (C=O) groups excluding carboxylic acids is 2. The second-order valence-electron chi connectivity index (χ2n) is 7.89. The van der Waals surface area contributed by atoms with Gasteiger partial charge in [-0.1, -0.05) is 57.0 Å². The number of hydrogen-bond donors (Lipinski definition) is 1. The number of hydrogen-bond acceptors (Lipinski definition) is 4. The number of rotatable bonds is 10. The molecule has 0 bridgehead atoms. The van der Waals surface area contributed by atoms with Crippen molar-refractivity contribution in [3.8, 4) is 0 Å². The van der Waals surface area contributed by atoms with Crippen LogP contribution in [-0.4, -0.2) is 50.0 Å². The first kappa shape index (κ1) is 27.3. The molecule has 180 valence electrons. The summed E-state index contributed by atoms with van der Waals surface area (Å²) in [4.78, 5) is 27.7. The molecule has 0 aromatic heterocycles. The minimum atomic E-state index is -3.75. The van der Waals surface area contributed by atoms with Gasteiger partial charge in [0.15, 0.2) is 0 Å². The van der Waals surface area contributed by atoms with Crippen LogP contribution in [0, 0.1) is 0 Å². The largest absolute Gasteiger partial charge is 0.352 e. The summed E-state index contributed by atoms with van der Waals surface area (Å²) in [6.45, 7) is 5.23. The molecule has 2 atom stereocenters. The third-order valence-corrected chi connectivity index (χ3v) is 7.31. The summed E-state index contributed by atoms with van der Waals surface area (Å²) in [6, 6.07) is 13.3. The first-order valence-corrected chi connectivity index (χ1v) is 13.9. The van der Waals surface area contributed by atoms with Crippen LogP contribution >= 0.6 is 31.9 Å². The van der Waals surface area contributed by atoms with Crippen LogP contribution in [0.15, 0.2) is 57.5 Å². The van der Waals surface area contributed by atoms with Crippen molar-refractivity contribution in [3.63, 3.8) is 0 Å². The van der Waals surface area contributed by atoms with Crippen LogP contribution in [0.1, 0.15) is 32.8 Å². The molecule has 2 amide bonds. The SMILES string of the molecule is CCC(C)NC(=O)C(C)N(Cc1cccc(Br)c1)C(=O)CN(c1cccc(Br)c1)S(C)(=O)=O. The standard InChI is InChI=1S/C23H29Br2N3O4S/c1-5-16(2)26-23(30)17(3)27(14-18-8-6-9-19(24)12-18)22(29)15-28(33(4,31)32)21-11-7-10-20(25)13-21/h6-13,16-17H,5,14-15H2,1-4H3,(H,26,30). The van der Waals surface area contributed by atoms with E-state index >= 15 is 0 Å². The number of anilines is 1. The van der Waals surface area contributed by atoms with Crippen molar-refractivity contribution < 1.29 is 18.0 Å². The zero-order valence-electron chi connectivity index (χ0n) is 19.1. The Kier molecular flexibility index (Phi) is 9.93. The molecule has 2 aromatic carbocycles. The lowest BCUT2D eigenvalue weighted by atomic mass is 10.1. The van der Waals surface area contributed by atoms with Crippen LogP contribution in [-0.2, 0) is 26.2 Å². The second-order valence-corrected chi connectivity index (χ2v) is 11.6. The Bertz CT molecular complexity index is 1090. The Morgan fingerprint density at radius 1 is 1.03 bits per heavy atom. The van der Waals surface area contributed by atoms with E-state index in [1.54, 1.807) is 31.2 Å². The van der Waals surface area contributed by atoms with Gasteiger partial charge >= 0.3 is 0 Å². The summed E-state index contributed by atoms with van der Waals surface area (Å²) >= 11 is 6.77. The van der Waals surface area contributed by atoms with Gasteiger partial charge in [-0.15, -0.1) is 0 Å². The van der Waals surface area contributed by atoms with Gasteiger partial charge in [0.2, 0.25) is 21.8 Å². The van der Waals surface area contributed by atoms with Gasteiger partial charge in [0.1, 0.15) is 12.6 Å². The van der Waals surface area contributed by atoms with E-state index in [9.17, 15) is 18.0 Å². The van der Waals surface area contributed by atoms with Gasteiger partial charge in [-0.25, -0.2) is 8.42 Å². The summed E-state index contributed by atoms with van der Waals surface area (Å²) < 4.78 is 27.7. The van der Waals surface area contributed by atoms with Gasteiger partial charge in [-0.2, -0.15) is 0 Å². The normalized spacial score (nSPS) is 13.2. The summed E-state index contributed by atoms with van der Waals surface area (Å²) in [5, 5.41) is 2.90. The molecule has 10 heteroatoms. The smallest absolute Gasteiger partial charge is 0.244 e. The average Bonchev–Trinajstić information content (AvgIpc) is 2.74. The number of amides is 2. The highest BCUT2D eigenvalue weighted by molar-refractivity contribution is 9.10. The van der Waals surface area contributed by atoms with Gasteiger partial charge in [0, 0.05) is 21.5 Å². The Labute approximate surface area is 212 Å². The van der Waals surface area contributed by atoms with E-state index in [0.717, 1.165) is 27.0 Å². The number of nitrogens with zero attached hydrogens (tertiary/aromatic N) is 2. The van der Waals surface area contributed by atoms with Crippen LogP contribution in [0.5, 0.6) is 0 Å². The van der Waals surface area contributed by atoms with E-state index in [2.05, 4.69) is 37.2 Å². The summed E-state index contributed by atoms with van der Waals surface area (Å²) in [5.74, 6) is -0.770. The van der Waals surface area contributed by atoms with E-state index in [1.807, 2.05) is 38.1 Å². The molecule has 0 radical (unpaired) electrons. The summed E-state index contributed by atoms with van der Waals surface area (Å²) in [6.07, 6.45) is 1.81. The summed E-state index contributed by atoms with van der Waals surface area (Å²) in [5.41, 5.74) is 1.17. The highest BCUT2D eigenvalue weighted by atomic mass is 79.9. The molecule has 2 rings (SSSR count). The lowest BCUT2D eigenvalue weighted by Crippen LogP contribution is -2.52. The molecule has 0 heterocycles. The maximum Gasteiger partial charge on any atom is 0.244 e. The highest BCUT2D eigenvalue weighted by Gasteiger charge is 2.30. The number of nitrogens with one attached hydrogen (secondary N) is 1. The zero-order valence-corrected chi connectivity index (χ0v) is 23.1. The van der Waals surface area contributed by atoms with E-state index < -0.39 is 28.5 Å². The molecular weight excluding hydrogens is 574 g/mol. The lowest BCUT2D eigenvalue weighted by molar-refractivity contribution is -0.139. The molecular formula is C23H29Br2N3O4S. The van der Waals surface area contributed by atoms with Gasteiger partial charge in [0.05, 0.1) is 11.9 Å². The minimum Gasteiger partial charge on any atom is -0.352 e. The maximum absolute atomic E-state index is 13.5. The molecule has 0 aliphatic rings. The van der Waals surface area contributed by atoms with Crippen LogP contribution in [0.2, 0.25) is 0 Å². The third-order valence-electron chi connectivity index (χ3n) is 5.19. The van der Waals surface area contributed by atoms with Gasteiger partial charge in [0.25, 0.3) is 0 Å². The Morgan fingerprint density at radius 2 is 1.64 bits per heavy atom. The van der Waals surface area contributed by atoms with Gasteiger partial charge < -0.3 is 10.2 Å². The van der Waals surface area contributed by atoms with Crippen LogP contribution in [0.3, 0.4) is 0 Å². The first-order chi connectivity index (χ1) is 15.4. The monoisotopic (exact) mass is 601 g/mol. The molecule has 2 aromatic rings. The average molecular weight is 603 g/mol. The minimum absolute atomic E-state index is 0.0445. The zero-order chi connectivity index (χ0) is 24.8. The molecule has 7 nitrogen and oxygen atoms in total. The van der Waals surface area contributed by atoms with Crippen molar-refractivity contribution in [1.29, 1.82) is 0 Å². The van der Waals surface area contributed by atoms with Crippen molar-refractivity contribution in [2.24, 2.45) is 0 Å². The molecule has 0 saturated heterocycles. The molecule has 0 fully saturated rings. The van der Waals surface area contributed by atoms with Gasteiger partial charge in [-0.05, 0) is 56.2 Å². The van der Waals surface area contributed by atoms with E-state index in [-0.39, 0.29) is 18.5 Å². The van der Waals surface area contributed by atoms with E-state index in [0.29, 0.717) is 10.2 Å². The van der Waals surface area contributed by atoms with Crippen LogP contribution in [0.4, 0.5) is 5.69 Å². The molecule has 2 unspecified atom stereocenters. The van der Waals surface area contributed by atoms with Crippen molar-refractivity contribution in [1.82, 2.24) is 10.2 Å². The molecule has 0 saturated carbocycles. The number of sulfonamides is 1.